The third kappa shape index (κ3) is 3.62. The summed E-state index contributed by atoms with van der Waals surface area (Å²) >= 11 is 3.48. The van der Waals surface area contributed by atoms with Crippen LogP contribution >= 0.6 is 15.9 Å². The predicted molar refractivity (Wildman–Crippen MR) is 102 cm³/mol. The minimum Gasteiger partial charge on any atom is -0.480 e. The van der Waals surface area contributed by atoms with Crippen molar-refractivity contribution in [2.75, 3.05) is 26.2 Å². The van der Waals surface area contributed by atoms with Crippen LogP contribution in [0.4, 0.5) is 0 Å². The first-order chi connectivity index (χ1) is 13.0. The van der Waals surface area contributed by atoms with Crippen LogP contribution in [0.3, 0.4) is 0 Å². The van der Waals surface area contributed by atoms with Gasteiger partial charge in [-0.15, -0.1) is 0 Å². The second-order valence-electron chi connectivity index (χ2n) is 6.78. The minimum atomic E-state index is -0.833. The van der Waals surface area contributed by atoms with Crippen LogP contribution in [-0.2, 0) is 11.3 Å². The molecule has 0 amide bonds. The second kappa shape index (κ2) is 7.41. The Morgan fingerprint density at radius 2 is 2.11 bits per heavy atom. The van der Waals surface area contributed by atoms with Crippen molar-refractivity contribution >= 4 is 32.8 Å². The van der Waals surface area contributed by atoms with E-state index >= 15 is 0 Å². The average Bonchev–Trinajstić information content (AvgIpc) is 3.23. The third-order valence-electron chi connectivity index (χ3n) is 5.10. The lowest BCUT2D eigenvalue weighted by molar-refractivity contribution is -0.144. The van der Waals surface area contributed by atoms with Crippen LogP contribution < -0.4 is 0 Å². The largest absolute Gasteiger partial charge is 0.480 e. The number of hydrogen-bond donors (Lipinski definition) is 2. The molecule has 3 heterocycles. The number of carboxylic acids is 1. The van der Waals surface area contributed by atoms with Gasteiger partial charge in [0.1, 0.15) is 17.4 Å². The van der Waals surface area contributed by atoms with Crippen molar-refractivity contribution in [2.45, 2.75) is 19.5 Å². The molecule has 4 rings (SSSR count). The van der Waals surface area contributed by atoms with E-state index in [1.165, 1.54) is 0 Å². The van der Waals surface area contributed by atoms with Gasteiger partial charge in [-0.2, -0.15) is 0 Å². The Balaban J connectivity index is 1.51. The van der Waals surface area contributed by atoms with E-state index in [1.807, 2.05) is 36.2 Å². The van der Waals surface area contributed by atoms with Crippen LogP contribution in [-0.4, -0.2) is 62.4 Å². The highest BCUT2D eigenvalue weighted by Gasteiger charge is 2.32. The molecule has 1 saturated heterocycles. The molecule has 0 bridgehead atoms. The molecule has 1 aliphatic heterocycles. The summed E-state index contributed by atoms with van der Waals surface area (Å²) in [6.07, 6.45) is 1.81. The van der Waals surface area contributed by atoms with Gasteiger partial charge in [-0.25, -0.2) is 4.63 Å². The number of H-pyrrole nitrogens is 1. The van der Waals surface area contributed by atoms with E-state index in [0.717, 1.165) is 45.4 Å². The van der Waals surface area contributed by atoms with Crippen molar-refractivity contribution in [1.29, 1.82) is 0 Å². The third-order valence-corrected chi connectivity index (χ3v) is 5.59. The quantitative estimate of drug-likeness (QED) is 0.637. The number of halogens is 1. The molecule has 0 unspecified atom stereocenters. The van der Waals surface area contributed by atoms with Crippen molar-refractivity contribution in [3.8, 4) is 0 Å². The molecular weight excluding hydrogens is 414 g/mol. The van der Waals surface area contributed by atoms with E-state index in [0.29, 0.717) is 19.6 Å². The van der Waals surface area contributed by atoms with E-state index in [9.17, 15) is 9.90 Å². The van der Waals surface area contributed by atoms with Crippen LogP contribution in [0, 0.1) is 6.92 Å². The van der Waals surface area contributed by atoms with Crippen molar-refractivity contribution in [1.82, 2.24) is 25.1 Å². The van der Waals surface area contributed by atoms with Gasteiger partial charge in [0.25, 0.3) is 0 Å². The zero-order chi connectivity index (χ0) is 19.0. The first kappa shape index (κ1) is 18.1. The van der Waals surface area contributed by atoms with E-state index < -0.39 is 12.0 Å². The molecule has 2 N–H and O–H groups in total. The van der Waals surface area contributed by atoms with Gasteiger partial charge >= 0.3 is 5.97 Å². The Morgan fingerprint density at radius 3 is 2.78 bits per heavy atom. The molecule has 27 heavy (non-hydrogen) atoms. The summed E-state index contributed by atoms with van der Waals surface area (Å²) in [5, 5.41) is 18.6. The number of aryl methyl sites for hydroxylation is 1. The van der Waals surface area contributed by atoms with Crippen LogP contribution in [0.5, 0.6) is 0 Å². The number of fused-ring (bicyclic) bond motifs is 1. The second-order valence-corrected chi connectivity index (χ2v) is 7.70. The van der Waals surface area contributed by atoms with Crippen LogP contribution in [0.1, 0.15) is 23.0 Å². The maximum absolute atomic E-state index is 12.1. The van der Waals surface area contributed by atoms with Crippen molar-refractivity contribution in [2.24, 2.45) is 0 Å². The standard InChI is InChI=1S/C18H20BrN5O3/c1-11-16(22-27-21-11)10-23-4-6-24(7-5-23)17(18(25)26)14-9-20-15-3-2-12(19)8-13(14)15/h2-3,8-9,17,20H,4-7,10H2,1H3,(H,25,26)/t17-/m1/s1. The summed E-state index contributed by atoms with van der Waals surface area (Å²) in [4.78, 5) is 19.6. The molecule has 2 aromatic heterocycles. The number of carbonyl (C=O) groups is 1. The molecule has 0 radical (unpaired) electrons. The Morgan fingerprint density at radius 1 is 1.33 bits per heavy atom. The Labute approximate surface area is 164 Å². The van der Waals surface area contributed by atoms with Crippen molar-refractivity contribution < 1.29 is 14.5 Å². The fraction of sp³-hybridized carbons (Fsp3) is 0.389. The summed E-state index contributed by atoms with van der Waals surface area (Å²) in [6.45, 7) is 5.41. The zero-order valence-corrected chi connectivity index (χ0v) is 16.4. The van der Waals surface area contributed by atoms with E-state index in [4.69, 9.17) is 4.63 Å². The molecule has 1 fully saturated rings. The van der Waals surface area contributed by atoms with Gasteiger partial charge in [-0.3, -0.25) is 14.6 Å². The highest BCUT2D eigenvalue weighted by Crippen LogP contribution is 2.31. The number of carboxylic acid groups (broad SMARTS) is 1. The van der Waals surface area contributed by atoms with Crippen molar-refractivity contribution in [3.05, 3.63) is 45.8 Å². The summed E-state index contributed by atoms with van der Waals surface area (Å²) in [5.74, 6) is -0.833. The Kier molecular flexibility index (Phi) is 4.98. The normalized spacial score (nSPS) is 17.4. The van der Waals surface area contributed by atoms with Gasteiger partial charge in [0.15, 0.2) is 0 Å². The van der Waals surface area contributed by atoms with Crippen LogP contribution in [0.15, 0.2) is 33.5 Å². The SMILES string of the molecule is Cc1nonc1CN1CCN([C@@H](C(=O)O)c2c[nH]c3ccc(Br)cc23)CC1. The molecule has 1 atom stereocenters. The summed E-state index contributed by atoms with van der Waals surface area (Å²) in [5.41, 5.74) is 3.36. The number of aromatic nitrogens is 3. The Hall–Kier alpha value is -2.23. The molecule has 142 valence electrons. The minimum absolute atomic E-state index is 0.668. The number of nitrogens with zero attached hydrogens (tertiary/aromatic N) is 4. The van der Waals surface area contributed by atoms with E-state index in [1.54, 1.807) is 0 Å². The molecule has 1 aromatic carbocycles. The van der Waals surface area contributed by atoms with Gasteiger partial charge in [0.2, 0.25) is 0 Å². The van der Waals surface area contributed by atoms with Crippen LogP contribution in [0.2, 0.25) is 0 Å². The molecule has 0 saturated carbocycles. The molecule has 9 heteroatoms. The maximum Gasteiger partial charge on any atom is 0.325 e. The lowest BCUT2D eigenvalue weighted by atomic mass is 10.0. The number of aliphatic carboxylic acids is 1. The topological polar surface area (TPSA) is 98.5 Å². The lowest BCUT2D eigenvalue weighted by Gasteiger charge is -2.37. The number of aromatic amines is 1. The monoisotopic (exact) mass is 433 g/mol. The van der Waals surface area contributed by atoms with Gasteiger partial charge in [0.05, 0.1) is 0 Å². The number of benzene rings is 1. The first-order valence-corrected chi connectivity index (χ1v) is 9.56. The van der Waals surface area contributed by atoms with Crippen LogP contribution in [0.25, 0.3) is 10.9 Å². The molecule has 0 spiro atoms. The number of hydrogen-bond acceptors (Lipinski definition) is 6. The van der Waals surface area contributed by atoms with Gasteiger partial charge < -0.3 is 10.1 Å². The lowest BCUT2D eigenvalue weighted by Crippen LogP contribution is -2.48. The van der Waals surface area contributed by atoms with E-state index in [2.05, 4.69) is 36.1 Å². The molecule has 3 aromatic rings. The van der Waals surface area contributed by atoms with E-state index in [-0.39, 0.29) is 0 Å². The fourth-order valence-corrected chi connectivity index (χ4v) is 3.97. The zero-order valence-electron chi connectivity index (χ0n) is 14.9. The highest BCUT2D eigenvalue weighted by atomic mass is 79.9. The van der Waals surface area contributed by atoms with Gasteiger partial charge in [-0.1, -0.05) is 26.2 Å². The number of rotatable bonds is 5. The first-order valence-electron chi connectivity index (χ1n) is 8.76. The highest BCUT2D eigenvalue weighted by molar-refractivity contribution is 9.10. The molecule has 0 aliphatic carbocycles. The Bertz CT molecular complexity index is 961. The maximum atomic E-state index is 12.1. The smallest absolute Gasteiger partial charge is 0.325 e. The molecule has 8 nitrogen and oxygen atoms in total. The number of nitrogens with one attached hydrogen (secondary N) is 1. The fourth-order valence-electron chi connectivity index (χ4n) is 3.61. The number of piperazine rings is 1. The predicted octanol–water partition coefficient (Wildman–Crippen LogP) is 2.57. The average molecular weight is 434 g/mol. The summed E-state index contributed by atoms with van der Waals surface area (Å²) in [7, 11) is 0. The summed E-state index contributed by atoms with van der Waals surface area (Å²) in [6, 6.07) is 5.19. The van der Waals surface area contributed by atoms with Gasteiger partial charge in [0, 0.05) is 59.9 Å². The molecule has 1 aliphatic rings. The molecular formula is C18H20BrN5O3. The van der Waals surface area contributed by atoms with Crippen molar-refractivity contribution in [3.63, 3.8) is 0 Å². The summed E-state index contributed by atoms with van der Waals surface area (Å²) < 4.78 is 5.69. The van der Waals surface area contributed by atoms with Gasteiger partial charge in [-0.05, 0) is 25.1 Å².